The van der Waals surface area contributed by atoms with Crippen LogP contribution in [0.2, 0.25) is 0 Å². The van der Waals surface area contributed by atoms with Gasteiger partial charge in [0.05, 0.1) is 0 Å². The van der Waals surface area contributed by atoms with Gasteiger partial charge in [0, 0.05) is 19.0 Å². The molecular formula is C13H25ClN2O. The molecule has 2 saturated carbocycles. The maximum Gasteiger partial charge on any atom is 0.220 e. The van der Waals surface area contributed by atoms with E-state index in [0.717, 1.165) is 5.92 Å². The average Bonchev–Trinajstić information content (AvgIpc) is 3.01. The third-order valence-corrected chi connectivity index (χ3v) is 4.04. The fourth-order valence-corrected chi connectivity index (χ4v) is 2.77. The summed E-state index contributed by atoms with van der Waals surface area (Å²) in [6, 6.07) is 0.187. The smallest absolute Gasteiger partial charge is 0.220 e. The molecule has 0 saturated heterocycles. The van der Waals surface area contributed by atoms with Crippen molar-refractivity contribution < 1.29 is 4.79 Å². The van der Waals surface area contributed by atoms with Crippen LogP contribution < -0.4 is 11.1 Å². The molecule has 0 bridgehead atoms. The highest BCUT2D eigenvalue weighted by Gasteiger charge is 2.29. The number of nitrogens with two attached hydrogens (primary N) is 1. The fourth-order valence-electron chi connectivity index (χ4n) is 2.77. The van der Waals surface area contributed by atoms with Gasteiger partial charge < -0.3 is 11.1 Å². The summed E-state index contributed by atoms with van der Waals surface area (Å²) in [6.45, 7) is 2.95. The van der Waals surface area contributed by atoms with Crippen LogP contribution in [-0.4, -0.2) is 18.5 Å². The number of rotatable bonds is 5. The molecule has 4 heteroatoms. The molecule has 17 heavy (non-hydrogen) atoms. The number of carbonyl (C=O) groups excluding carboxylic acids is 1. The van der Waals surface area contributed by atoms with E-state index in [1.54, 1.807) is 0 Å². The molecule has 100 valence electrons. The number of carbonyl (C=O) groups is 1. The highest BCUT2D eigenvalue weighted by molar-refractivity contribution is 5.85. The highest BCUT2D eigenvalue weighted by Crippen LogP contribution is 2.33. The number of hydrogen-bond acceptors (Lipinski definition) is 2. The zero-order valence-corrected chi connectivity index (χ0v) is 11.5. The van der Waals surface area contributed by atoms with Gasteiger partial charge in [0.1, 0.15) is 0 Å². The van der Waals surface area contributed by atoms with Crippen LogP contribution in [0.15, 0.2) is 0 Å². The zero-order chi connectivity index (χ0) is 11.5. The van der Waals surface area contributed by atoms with Gasteiger partial charge in [0.2, 0.25) is 5.91 Å². The molecule has 0 aliphatic heterocycles. The molecule has 2 fully saturated rings. The van der Waals surface area contributed by atoms with Crippen molar-refractivity contribution in [3.8, 4) is 0 Å². The summed E-state index contributed by atoms with van der Waals surface area (Å²) in [5, 5.41) is 2.98. The minimum Gasteiger partial charge on any atom is -0.355 e. The quantitative estimate of drug-likeness (QED) is 0.795. The zero-order valence-electron chi connectivity index (χ0n) is 10.7. The Hall–Kier alpha value is -0.280. The summed E-state index contributed by atoms with van der Waals surface area (Å²) in [4.78, 5) is 11.7. The van der Waals surface area contributed by atoms with E-state index in [1.807, 2.05) is 0 Å². The Bertz CT molecular complexity index is 256. The normalized spacial score (nSPS) is 29.5. The largest absolute Gasteiger partial charge is 0.355 e. The van der Waals surface area contributed by atoms with E-state index in [4.69, 9.17) is 5.73 Å². The van der Waals surface area contributed by atoms with E-state index < -0.39 is 0 Å². The maximum absolute atomic E-state index is 11.7. The Balaban J connectivity index is 0.00000144. The van der Waals surface area contributed by atoms with Crippen molar-refractivity contribution in [2.75, 3.05) is 6.54 Å². The molecule has 2 aliphatic carbocycles. The van der Waals surface area contributed by atoms with Crippen molar-refractivity contribution in [3.63, 3.8) is 0 Å². The Morgan fingerprint density at radius 1 is 1.35 bits per heavy atom. The molecule has 3 nitrogen and oxygen atoms in total. The lowest BCUT2D eigenvalue weighted by atomic mass is 10.0. The van der Waals surface area contributed by atoms with Crippen molar-refractivity contribution in [1.29, 1.82) is 0 Å². The second-order valence-electron chi connectivity index (χ2n) is 5.79. The summed E-state index contributed by atoms with van der Waals surface area (Å²) in [6.07, 6.45) is 6.95. The third-order valence-electron chi connectivity index (χ3n) is 4.04. The Labute approximate surface area is 110 Å². The van der Waals surface area contributed by atoms with E-state index in [9.17, 15) is 4.79 Å². The predicted molar refractivity (Wildman–Crippen MR) is 72.1 cm³/mol. The summed E-state index contributed by atoms with van der Waals surface area (Å²) in [5.74, 6) is 2.31. The van der Waals surface area contributed by atoms with E-state index >= 15 is 0 Å². The minimum atomic E-state index is 0. The SMILES string of the molecule is CC1CCC(CC(=O)NCC(N)C2CC2)C1.Cl. The predicted octanol–water partition coefficient (Wildman–Crippen LogP) is 2.09. The lowest BCUT2D eigenvalue weighted by Gasteiger charge is -2.13. The molecule has 2 rings (SSSR count). The van der Waals surface area contributed by atoms with Crippen LogP contribution in [0.5, 0.6) is 0 Å². The van der Waals surface area contributed by atoms with Crippen LogP contribution in [0.1, 0.15) is 45.4 Å². The molecule has 3 unspecified atom stereocenters. The van der Waals surface area contributed by atoms with E-state index in [2.05, 4.69) is 12.2 Å². The third kappa shape index (κ3) is 4.84. The van der Waals surface area contributed by atoms with Gasteiger partial charge in [0.25, 0.3) is 0 Å². The molecule has 0 radical (unpaired) electrons. The number of nitrogens with one attached hydrogen (secondary N) is 1. The van der Waals surface area contributed by atoms with Gasteiger partial charge >= 0.3 is 0 Å². The molecule has 0 aromatic rings. The molecule has 1 amide bonds. The van der Waals surface area contributed by atoms with Gasteiger partial charge in [-0.1, -0.05) is 13.3 Å². The monoisotopic (exact) mass is 260 g/mol. The van der Waals surface area contributed by atoms with Gasteiger partial charge in [-0.05, 0) is 43.4 Å². The lowest BCUT2D eigenvalue weighted by Crippen LogP contribution is -2.39. The van der Waals surface area contributed by atoms with E-state index in [1.165, 1.54) is 32.1 Å². The Morgan fingerprint density at radius 2 is 2.06 bits per heavy atom. The molecular weight excluding hydrogens is 236 g/mol. The molecule has 2 aliphatic rings. The molecule has 0 heterocycles. The van der Waals surface area contributed by atoms with Crippen LogP contribution in [-0.2, 0) is 4.79 Å². The molecule has 3 N–H and O–H groups in total. The first-order valence-corrected chi connectivity index (χ1v) is 6.67. The summed E-state index contributed by atoms with van der Waals surface area (Å²) >= 11 is 0. The summed E-state index contributed by atoms with van der Waals surface area (Å²) in [5.41, 5.74) is 5.94. The number of hydrogen-bond donors (Lipinski definition) is 2. The van der Waals surface area contributed by atoms with Gasteiger partial charge in [-0.25, -0.2) is 0 Å². The lowest BCUT2D eigenvalue weighted by molar-refractivity contribution is -0.122. The molecule has 0 spiro atoms. The Morgan fingerprint density at radius 3 is 2.59 bits per heavy atom. The minimum absolute atomic E-state index is 0. The highest BCUT2D eigenvalue weighted by atomic mass is 35.5. The van der Waals surface area contributed by atoms with Crippen molar-refractivity contribution in [2.45, 2.75) is 51.5 Å². The number of halogens is 1. The molecule has 0 aromatic carbocycles. The fraction of sp³-hybridized carbons (Fsp3) is 0.923. The summed E-state index contributed by atoms with van der Waals surface area (Å²) < 4.78 is 0. The second-order valence-corrected chi connectivity index (χ2v) is 5.79. The first-order valence-electron chi connectivity index (χ1n) is 6.67. The molecule has 3 atom stereocenters. The Kier molecular flexibility index (Phi) is 5.74. The topological polar surface area (TPSA) is 55.1 Å². The van der Waals surface area contributed by atoms with Crippen LogP contribution >= 0.6 is 12.4 Å². The van der Waals surface area contributed by atoms with E-state index in [-0.39, 0.29) is 24.4 Å². The first-order chi connectivity index (χ1) is 7.65. The van der Waals surface area contributed by atoms with Gasteiger partial charge in [-0.3, -0.25) is 4.79 Å². The van der Waals surface area contributed by atoms with Crippen molar-refractivity contribution in [3.05, 3.63) is 0 Å². The van der Waals surface area contributed by atoms with Crippen LogP contribution in [0.3, 0.4) is 0 Å². The van der Waals surface area contributed by atoms with Crippen LogP contribution in [0.4, 0.5) is 0 Å². The van der Waals surface area contributed by atoms with Crippen molar-refractivity contribution >= 4 is 18.3 Å². The molecule has 0 aromatic heterocycles. The van der Waals surface area contributed by atoms with E-state index in [0.29, 0.717) is 24.8 Å². The first kappa shape index (κ1) is 14.8. The second kappa shape index (κ2) is 6.60. The van der Waals surface area contributed by atoms with Crippen LogP contribution in [0, 0.1) is 17.8 Å². The van der Waals surface area contributed by atoms with Crippen LogP contribution in [0.25, 0.3) is 0 Å². The maximum atomic E-state index is 11.7. The van der Waals surface area contributed by atoms with Gasteiger partial charge in [-0.2, -0.15) is 0 Å². The van der Waals surface area contributed by atoms with Gasteiger partial charge in [-0.15, -0.1) is 12.4 Å². The number of amides is 1. The summed E-state index contributed by atoms with van der Waals surface area (Å²) in [7, 11) is 0. The van der Waals surface area contributed by atoms with Crippen molar-refractivity contribution in [1.82, 2.24) is 5.32 Å². The average molecular weight is 261 g/mol. The standard InChI is InChI=1S/C13H24N2O.ClH/c1-9-2-3-10(6-9)7-13(16)15-8-12(14)11-4-5-11;/h9-12H,2-8,14H2,1H3,(H,15,16);1H. The van der Waals surface area contributed by atoms with Gasteiger partial charge in [0.15, 0.2) is 0 Å². The van der Waals surface area contributed by atoms with Crippen molar-refractivity contribution in [2.24, 2.45) is 23.5 Å².